The van der Waals surface area contributed by atoms with Crippen LogP contribution in [0.5, 0.6) is 11.5 Å². The molecule has 3 N–H and O–H groups in total. The van der Waals surface area contributed by atoms with Crippen LogP contribution < -0.4 is 30.7 Å². The van der Waals surface area contributed by atoms with Crippen molar-refractivity contribution in [2.24, 2.45) is 0 Å². The Bertz CT molecular complexity index is 1750. The summed E-state index contributed by atoms with van der Waals surface area (Å²) in [5, 5.41) is 3.09. The number of pyridine rings is 2. The molecule has 2 aromatic carbocycles. The van der Waals surface area contributed by atoms with E-state index in [1.807, 2.05) is 6.07 Å². The van der Waals surface area contributed by atoms with Gasteiger partial charge in [0.05, 0.1) is 6.54 Å². The van der Waals surface area contributed by atoms with Gasteiger partial charge in [-0.2, -0.15) is 0 Å². The summed E-state index contributed by atoms with van der Waals surface area (Å²) in [7, 11) is 0. The molecule has 0 aliphatic carbocycles. The summed E-state index contributed by atoms with van der Waals surface area (Å²) in [6.45, 7) is 0.548. The Hall–Kier alpha value is -4.99. The second-order valence-electron chi connectivity index (χ2n) is 8.61. The highest BCUT2D eigenvalue weighted by molar-refractivity contribution is 6.00. The van der Waals surface area contributed by atoms with Crippen LogP contribution in [0, 0.1) is 5.82 Å². The minimum atomic E-state index is -0.456. The van der Waals surface area contributed by atoms with E-state index in [1.54, 1.807) is 53.2 Å². The molecule has 0 bridgehead atoms. The summed E-state index contributed by atoms with van der Waals surface area (Å²) >= 11 is 0. The molecule has 0 unspecified atom stereocenters. The Balaban J connectivity index is 1.43. The van der Waals surface area contributed by atoms with Gasteiger partial charge in [-0.1, -0.05) is 29.2 Å². The van der Waals surface area contributed by atoms with Crippen LogP contribution in [0.15, 0.2) is 77.7 Å². The number of nitrogens with two attached hydrogens (primary N) is 1. The lowest BCUT2D eigenvalue weighted by molar-refractivity contribution is -0.649. The summed E-state index contributed by atoms with van der Waals surface area (Å²) in [5.74, 6) is 0.566. The van der Waals surface area contributed by atoms with Crippen molar-refractivity contribution in [2.45, 2.75) is 13.1 Å². The number of nitrogens with zero attached hydrogens (tertiary/aromatic N) is 3. The third-order valence-electron chi connectivity index (χ3n) is 6.25. The lowest BCUT2D eigenvalue weighted by atomic mass is 10.1. The van der Waals surface area contributed by atoms with E-state index in [1.165, 1.54) is 22.6 Å². The number of benzene rings is 2. The Morgan fingerprint density at radius 2 is 1.84 bits per heavy atom. The number of nitrogen functional groups attached to an aromatic ring is 1. The monoisotopic (exact) mass is 498 g/mol. The molecule has 5 aromatic rings. The van der Waals surface area contributed by atoms with Gasteiger partial charge in [-0.25, -0.2) is 8.96 Å². The van der Waals surface area contributed by atoms with Crippen LogP contribution in [0.4, 0.5) is 10.2 Å². The van der Waals surface area contributed by atoms with Crippen molar-refractivity contribution in [1.29, 1.82) is 0 Å². The Morgan fingerprint density at radius 1 is 1.05 bits per heavy atom. The topological polar surface area (TPSA) is 112 Å². The number of fused-ring (bicyclic) bond motifs is 3. The molecule has 3 aromatic heterocycles. The first-order valence-electron chi connectivity index (χ1n) is 11.5. The molecule has 0 spiro atoms. The Labute approximate surface area is 209 Å². The minimum Gasteiger partial charge on any atom is -0.454 e. The number of anilines is 1. The highest BCUT2D eigenvalue weighted by Gasteiger charge is 2.25. The van der Waals surface area contributed by atoms with Crippen molar-refractivity contribution in [3.05, 3.63) is 106 Å². The molecule has 0 radical (unpaired) electrons. The first kappa shape index (κ1) is 22.5. The summed E-state index contributed by atoms with van der Waals surface area (Å²) in [4.78, 5) is 31.3. The van der Waals surface area contributed by atoms with E-state index in [4.69, 9.17) is 15.2 Å². The summed E-state index contributed by atoms with van der Waals surface area (Å²) in [6, 6.07) is 18.0. The molecule has 1 amide bonds. The number of hydrogen-bond acceptors (Lipinski definition) is 6. The second-order valence-corrected chi connectivity index (χ2v) is 8.61. The summed E-state index contributed by atoms with van der Waals surface area (Å²) in [5.41, 5.74) is 8.60. The fourth-order valence-electron chi connectivity index (χ4n) is 4.34. The number of rotatable bonds is 5. The van der Waals surface area contributed by atoms with Crippen molar-refractivity contribution >= 4 is 28.4 Å². The Morgan fingerprint density at radius 3 is 2.68 bits per heavy atom. The number of hydrogen-bond donors (Lipinski definition) is 2. The van der Waals surface area contributed by atoms with Crippen molar-refractivity contribution in [2.75, 3.05) is 12.5 Å². The molecule has 0 saturated heterocycles. The average Bonchev–Trinajstić information content (AvgIpc) is 3.38. The molecule has 37 heavy (non-hydrogen) atoms. The van der Waals surface area contributed by atoms with Crippen molar-refractivity contribution in [3.63, 3.8) is 0 Å². The zero-order chi connectivity index (χ0) is 25.5. The number of halogens is 1. The molecule has 1 aliphatic rings. The molecular weight excluding hydrogens is 477 g/mol. The Kier molecular flexibility index (Phi) is 5.41. The molecule has 0 atom stereocenters. The van der Waals surface area contributed by atoms with Crippen LogP contribution >= 0.6 is 0 Å². The van der Waals surface area contributed by atoms with Gasteiger partial charge in [0.25, 0.3) is 17.1 Å². The van der Waals surface area contributed by atoms with E-state index in [-0.39, 0.29) is 48.0 Å². The number of carbonyl (C=O) groups is 1. The van der Waals surface area contributed by atoms with Crippen LogP contribution in [0.25, 0.3) is 16.7 Å². The van der Waals surface area contributed by atoms with Crippen LogP contribution in [-0.4, -0.2) is 22.1 Å². The van der Waals surface area contributed by atoms with Crippen LogP contribution in [0.1, 0.15) is 21.5 Å². The number of ether oxygens (including phenoxy) is 2. The smallest absolute Gasteiger partial charge is 0.278 e. The average molecular weight is 498 g/mol. The van der Waals surface area contributed by atoms with E-state index >= 15 is 0 Å². The van der Waals surface area contributed by atoms with E-state index in [0.717, 1.165) is 11.1 Å². The van der Waals surface area contributed by atoms with Crippen molar-refractivity contribution in [3.8, 4) is 11.5 Å². The second kappa shape index (κ2) is 8.90. The quantitative estimate of drug-likeness (QED) is 0.285. The van der Waals surface area contributed by atoms with Gasteiger partial charge < -0.3 is 20.5 Å². The zero-order valence-corrected chi connectivity index (χ0v) is 19.5. The molecule has 9 nitrogen and oxygen atoms in total. The summed E-state index contributed by atoms with van der Waals surface area (Å²) in [6.07, 6.45) is 1.62. The van der Waals surface area contributed by atoms with Gasteiger partial charge in [0.2, 0.25) is 18.3 Å². The zero-order valence-electron chi connectivity index (χ0n) is 19.5. The van der Waals surface area contributed by atoms with E-state index in [9.17, 15) is 14.0 Å². The molecule has 0 saturated carbocycles. The van der Waals surface area contributed by atoms with Crippen molar-refractivity contribution in [1.82, 2.24) is 14.7 Å². The number of nitrogens with one attached hydrogen (secondary N) is 1. The van der Waals surface area contributed by atoms with Crippen LogP contribution in [0.2, 0.25) is 0 Å². The van der Waals surface area contributed by atoms with Gasteiger partial charge in [0.1, 0.15) is 16.8 Å². The fraction of sp³-hybridized carbons (Fsp3) is 0.111. The molecular formula is C27H21FN5O4+. The molecule has 10 heteroatoms. The van der Waals surface area contributed by atoms with Gasteiger partial charge >= 0.3 is 0 Å². The van der Waals surface area contributed by atoms with Gasteiger partial charge in [0, 0.05) is 12.7 Å². The molecule has 6 rings (SSSR count). The maximum atomic E-state index is 13.5. The van der Waals surface area contributed by atoms with Crippen LogP contribution in [-0.2, 0) is 13.1 Å². The number of amides is 1. The lowest BCUT2D eigenvalue weighted by Gasteiger charge is -2.13. The van der Waals surface area contributed by atoms with E-state index < -0.39 is 5.91 Å². The number of aromatic nitrogens is 3. The molecule has 1 aliphatic heterocycles. The largest absolute Gasteiger partial charge is 0.454 e. The van der Waals surface area contributed by atoms with E-state index in [0.29, 0.717) is 22.8 Å². The van der Waals surface area contributed by atoms with Gasteiger partial charge in [-0.15, -0.1) is 0 Å². The maximum Gasteiger partial charge on any atom is 0.278 e. The maximum absolute atomic E-state index is 13.5. The molecule has 0 fully saturated rings. The molecule has 4 heterocycles. The van der Waals surface area contributed by atoms with Gasteiger partial charge in [-0.05, 0) is 53.6 Å². The standard InChI is InChI=1S/C27H20FN5O4/c28-18-7-4-16(5-8-18)14-33-24(29)19(12-20-25(33)31-23-3-1-2-10-32(23)27(20)35)26(34)30-13-17-6-9-21-22(11-17)37-15-36-21/h1-12,29H,13-15H2,(H,30,34)/p+1. The van der Waals surface area contributed by atoms with Crippen LogP contribution in [0.3, 0.4) is 0 Å². The minimum absolute atomic E-state index is 0.130. The normalized spacial score (nSPS) is 12.2. The third-order valence-corrected chi connectivity index (χ3v) is 6.25. The van der Waals surface area contributed by atoms with Crippen molar-refractivity contribution < 1.29 is 23.2 Å². The highest BCUT2D eigenvalue weighted by Crippen LogP contribution is 2.32. The predicted molar refractivity (Wildman–Crippen MR) is 133 cm³/mol. The van der Waals surface area contributed by atoms with Gasteiger partial charge in [0.15, 0.2) is 11.5 Å². The van der Waals surface area contributed by atoms with E-state index in [2.05, 4.69) is 10.3 Å². The SMILES string of the molecule is Nc1c(C(=O)NCc2ccc3c(c2)OCO3)cc2c(=O)n3ccccc3nc2[n+]1Cc1ccc(F)cc1. The lowest BCUT2D eigenvalue weighted by Crippen LogP contribution is -2.43. The fourth-order valence-corrected chi connectivity index (χ4v) is 4.34. The molecule has 184 valence electrons. The first-order valence-corrected chi connectivity index (χ1v) is 11.5. The number of carbonyl (C=O) groups excluding carboxylic acids is 1. The third kappa shape index (κ3) is 4.08. The summed E-state index contributed by atoms with van der Waals surface area (Å²) < 4.78 is 27.2. The first-order chi connectivity index (χ1) is 18.0. The highest BCUT2D eigenvalue weighted by atomic mass is 19.1. The van der Waals surface area contributed by atoms with Gasteiger partial charge in [-0.3, -0.25) is 14.0 Å². The predicted octanol–water partition coefficient (Wildman–Crippen LogP) is 2.56.